The molecular weight excluding hydrogens is 558 g/mol. The van der Waals surface area contributed by atoms with Gasteiger partial charge in [-0.2, -0.15) is 0 Å². The molecule has 8 aromatic rings. The third-order valence-electron chi connectivity index (χ3n) is 8.35. The Hall–Kier alpha value is -6.19. The first-order valence-electron chi connectivity index (χ1n) is 15.4. The van der Waals surface area contributed by atoms with Crippen LogP contribution in [0.1, 0.15) is 0 Å². The molecule has 0 aliphatic heterocycles. The molecule has 0 radical (unpaired) electrons. The molecule has 0 saturated heterocycles. The van der Waals surface area contributed by atoms with Gasteiger partial charge in [0.15, 0.2) is 5.82 Å². The van der Waals surface area contributed by atoms with E-state index in [1.165, 1.54) is 5.56 Å². The fraction of sp³-hybridized carbons (Fsp3) is 0. The van der Waals surface area contributed by atoms with Crippen LogP contribution >= 0.6 is 0 Å². The number of aromatic nitrogens is 3. The van der Waals surface area contributed by atoms with Crippen LogP contribution in [0.4, 0.5) is 0 Å². The van der Waals surface area contributed by atoms with Gasteiger partial charge in [-0.3, -0.25) is 4.98 Å². The lowest BCUT2D eigenvalue weighted by molar-refractivity contribution is 1.18. The SMILES string of the molecule is c1ccc(-c2cccc(-c3cc(-c4ccccc4-c4ccccc4)nc(-c4cccc(-c5nccc6ccccc56)c4)n3)c2)cc1. The topological polar surface area (TPSA) is 38.7 Å². The molecule has 6 aromatic carbocycles. The number of fused-ring (bicyclic) bond motifs is 1. The largest absolute Gasteiger partial charge is 0.256 e. The Morgan fingerprint density at radius 2 is 0.935 bits per heavy atom. The summed E-state index contributed by atoms with van der Waals surface area (Å²) in [5.74, 6) is 0.669. The Morgan fingerprint density at radius 1 is 0.348 bits per heavy atom. The van der Waals surface area contributed by atoms with Crippen LogP contribution in [-0.4, -0.2) is 15.0 Å². The monoisotopic (exact) mass is 587 g/mol. The molecule has 0 saturated carbocycles. The van der Waals surface area contributed by atoms with Crippen molar-refractivity contribution < 1.29 is 0 Å². The molecule has 0 spiro atoms. The molecule has 46 heavy (non-hydrogen) atoms. The molecule has 0 atom stereocenters. The lowest BCUT2D eigenvalue weighted by Crippen LogP contribution is -1.97. The second kappa shape index (κ2) is 12.1. The van der Waals surface area contributed by atoms with Crippen LogP contribution in [0.5, 0.6) is 0 Å². The zero-order chi connectivity index (χ0) is 30.7. The second-order valence-corrected chi connectivity index (χ2v) is 11.3. The summed E-state index contributed by atoms with van der Waals surface area (Å²) in [6.45, 7) is 0. The minimum atomic E-state index is 0.669. The predicted octanol–water partition coefficient (Wildman–Crippen LogP) is 11.0. The third kappa shape index (κ3) is 5.36. The summed E-state index contributed by atoms with van der Waals surface area (Å²) in [6.07, 6.45) is 1.87. The normalized spacial score (nSPS) is 11.0. The minimum Gasteiger partial charge on any atom is -0.256 e. The number of pyridine rings is 1. The van der Waals surface area contributed by atoms with Crippen LogP contribution in [-0.2, 0) is 0 Å². The zero-order valence-electron chi connectivity index (χ0n) is 25.1. The molecule has 0 N–H and O–H groups in total. The fourth-order valence-electron chi connectivity index (χ4n) is 6.08. The van der Waals surface area contributed by atoms with Crippen LogP contribution in [0.25, 0.3) is 78.2 Å². The van der Waals surface area contributed by atoms with E-state index >= 15 is 0 Å². The Morgan fingerprint density at radius 3 is 1.76 bits per heavy atom. The highest BCUT2D eigenvalue weighted by molar-refractivity contribution is 5.95. The molecule has 0 bridgehead atoms. The van der Waals surface area contributed by atoms with Gasteiger partial charge in [0.25, 0.3) is 0 Å². The summed E-state index contributed by atoms with van der Waals surface area (Å²) < 4.78 is 0. The lowest BCUT2D eigenvalue weighted by atomic mass is 9.96. The van der Waals surface area contributed by atoms with Crippen LogP contribution in [0.3, 0.4) is 0 Å². The van der Waals surface area contributed by atoms with Crippen LogP contribution in [0, 0.1) is 0 Å². The second-order valence-electron chi connectivity index (χ2n) is 11.3. The highest BCUT2D eigenvalue weighted by Crippen LogP contribution is 2.36. The van der Waals surface area contributed by atoms with E-state index in [0.717, 1.165) is 66.8 Å². The van der Waals surface area contributed by atoms with Crippen molar-refractivity contribution in [3.8, 4) is 67.4 Å². The number of hydrogen-bond acceptors (Lipinski definition) is 3. The number of rotatable bonds is 6. The molecule has 216 valence electrons. The average Bonchev–Trinajstić information content (AvgIpc) is 3.15. The highest BCUT2D eigenvalue weighted by Gasteiger charge is 2.15. The van der Waals surface area contributed by atoms with Gasteiger partial charge in [0.2, 0.25) is 0 Å². The molecule has 0 aliphatic carbocycles. The average molecular weight is 588 g/mol. The van der Waals surface area contributed by atoms with E-state index in [-0.39, 0.29) is 0 Å². The summed E-state index contributed by atoms with van der Waals surface area (Å²) in [7, 11) is 0. The van der Waals surface area contributed by atoms with Crippen molar-refractivity contribution in [2.75, 3.05) is 0 Å². The van der Waals surface area contributed by atoms with E-state index in [4.69, 9.17) is 15.0 Å². The lowest BCUT2D eigenvalue weighted by Gasteiger charge is -2.14. The smallest absolute Gasteiger partial charge is 0.160 e. The van der Waals surface area contributed by atoms with Crippen molar-refractivity contribution in [1.82, 2.24) is 15.0 Å². The summed E-state index contributed by atoms with van der Waals surface area (Å²) in [4.78, 5) is 15.2. The van der Waals surface area contributed by atoms with E-state index < -0.39 is 0 Å². The summed E-state index contributed by atoms with van der Waals surface area (Å²) in [5, 5.41) is 2.28. The van der Waals surface area contributed by atoms with Gasteiger partial charge in [0.05, 0.1) is 17.1 Å². The van der Waals surface area contributed by atoms with Gasteiger partial charge in [0, 0.05) is 33.8 Å². The molecule has 0 unspecified atom stereocenters. The van der Waals surface area contributed by atoms with E-state index in [0.29, 0.717) is 5.82 Å². The summed E-state index contributed by atoms with van der Waals surface area (Å²) in [6, 6.07) is 58.9. The Balaban J connectivity index is 1.32. The standard InChI is InChI=1S/C43H29N3/c1-3-13-30(14-4-1)33-18-11-19-34(27-33)40-29-41(39-24-10-9-22-37(39)31-15-5-2-6-16-31)46-43(45-40)36-21-12-20-35(28-36)42-38-23-8-7-17-32(38)25-26-44-42/h1-29H. The third-order valence-corrected chi connectivity index (χ3v) is 8.35. The maximum atomic E-state index is 5.23. The van der Waals surface area contributed by atoms with E-state index in [1.54, 1.807) is 0 Å². The highest BCUT2D eigenvalue weighted by atomic mass is 14.9. The van der Waals surface area contributed by atoms with Gasteiger partial charge in [-0.25, -0.2) is 9.97 Å². The van der Waals surface area contributed by atoms with E-state index in [2.05, 4.69) is 158 Å². The first-order valence-corrected chi connectivity index (χ1v) is 15.4. The molecule has 0 amide bonds. The van der Waals surface area contributed by atoms with Crippen LogP contribution < -0.4 is 0 Å². The molecular formula is C43H29N3. The van der Waals surface area contributed by atoms with Crippen molar-refractivity contribution in [2.45, 2.75) is 0 Å². The quantitative estimate of drug-likeness (QED) is 0.194. The first-order chi connectivity index (χ1) is 22.8. The van der Waals surface area contributed by atoms with Crippen molar-refractivity contribution in [2.24, 2.45) is 0 Å². The van der Waals surface area contributed by atoms with Gasteiger partial charge in [-0.1, -0.05) is 146 Å². The fourth-order valence-corrected chi connectivity index (χ4v) is 6.08. The number of nitrogens with zero attached hydrogens (tertiary/aromatic N) is 3. The molecule has 3 heteroatoms. The zero-order valence-corrected chi connectivity index (χ0v) is 25.1. The Bertz CT molecular complexity index is 2310. The first kappa shape index (κ1) is 27.4. The molecule has 2 heterocycles. The van der Waals surface area contributed by atoms with E-state index in [9.17, 15) is 0 Å². The summed E-state index contributed by atoms with van der Waals surface area (Å²) >= 11 is 0. The summed E-state index contributed by atoms with van der Waals surface area (Å²) in [5.41, 5.74) is 11.3. The van der Waals surface area contributed by atoms with Gasteiger partial charge in [0.1, 0.15) is 0 Å². The number of benzene rings is 6. The molecule has 2 aromatic heterocycles. The maximum absolute atomic E-state index is 5.23. The molecule has 0 fully saturated rings. The Kier molecular flexibility index (Phi) is 7.18. The van der Waals surface area contributed by atoms with Gasteiger partial charge >= 0.3 is 0 Å². The van der Waals surface area contributed by atoms with E-state index in [1.807, 2.05) is 18.3 Å². The van der Waals surface area contributed by atoms with Crippen molar-refractivity contribution >= 4 is 10.8 Å². The van der Waals surface area contributed by atoms with Crippen molar-refractivity contribution in [3.63, 3.8) is 0 Å². The van der Waals surface area contributed by atoms with Crippen LogP contribution in [0.15, 0.2) is 176 Å². The minimum absolute atomic E-state index is 0.669. The van der Waals surface area contributed by atoms with Crippen molar-refractivity contribution in [3.05, 3.63) is 176 Å². The maximum Gasteiger partial charge on any atom is 0.160 e. The molecule has 0 aliphatic rings. The predicted molar refractivity (Wildman–Crippen MR) is 190 cm³/mol. The van der Waals surface area contributed by atoms with Gasteiger partial charge < -0.3 is 0 Å². The number of hydrogen-bond donors (Lipinski definition) is 0. The Labute approximate surface area is 268 Å². The van der Waals surface area contributed by atoms with Gasteiger partial charge in [-0.15, -0.1) is 0 Å². The van der Waals surface area contributed by atoms with Gasteiger partial charge in [-0.05, 0) is 51.9 Å². The molecule has 8 rings (SSSR count). The molecule has 3 nitrogen and oxygen atoms in total. The van der Waals surface area contributed by atoms with Crippen molar-refractivity contribution in [1.29, 1.82) is 0 Å². The van der Waals surface area contributed by atoms with Crippen LogP contribution in [0.2, 0.25) is 0 Å².